The number of aryl methyl sites for hydroxylation is 1. The number of carbonyl (C=O) groups is 1. The largest absolute Gasteiger partial charge is 0.460 e. The molecule has 0 atom stereocenters. The number of carbonyl (C=O) groups excluding carboxylic acids is 1. The van der Waals surface area contributed by atoms with Crippen molar-refractivity contribution in [2.75, 3.05) is 6.61 Å². The third-order valence-corrected chi connectivity index (χ3v) is 2.30. The molecule has 0 aliphatic carbocycles. The summed E-state index contributed by atoms with van der Waals surface area (Å²) in [5.74, 6) is -0.569. The van der Waals surface area contributed by atoms with Gasteiger partial charge in [0.2, 0.25) is 0 Å². The van der Waals surface area contributed by atoms with Gasteiger partial charge in [0.25, 0.3) is 5.82 Å². The Hall–Kier alpha value is -2.24. The average molecular weight is 249 g/mol. The summed E-state index contributed by atoms with van der Waals surface area (Å²) in [5, 5.41) is 3.94. The summed E-state index contributed by atoms with van der Waals surface area (Å²) in [5.41, 5.74) is 0.556. The summed E-state index contributed by atoms with van der Waals surface area (Å²) in [4.78, 5) is 15.5. The molecule has 1 aromatic carbocycles. The first-order valence-corrected chi connectivity index (χ1v) is 5.46. The SMILES string of the molecule is CCOC(=O)c1nc(-c2cccc(F)c2)n(C)n1. The van der Waals surface area contributed by atoms with E-state index in [-0.39, 0.29) is 18.2 Å². The van der Waals surface area contributed by atoms with Crippen LogP contribution in [0.1, 0.15) is 17.5 Å². The normalized spacial score (nSPS) is 10.4. The predicted octanol–water partition coefficient (Wildman–Crippen LogP) is 1.80. The molecule has 0 radical (unpaired) electrons. The van der Waals surface area contributed by atoms with Crippen LogP contribution < -0.4 is 0 Å². The Morgan fingerprint density at radius 1 is 1.50 bits per heavy atom. The van der Waals surface area contributed by atoms with Gasteiger partial charge in [-0.3, -0.25) is 0 Å². The zero-order chi connectivity index (χ0) is 13.1. The molecule has 1 heterocycles. The molecule has 0 aliphatic rings. The van der Waals surface area contributed by atoms with Crippen molar-refractivity contribution in [3.63, 3.8) is 0 Å². The number of hydrogen-bond donors (Lipinski definition) is 0. The molecule has 0 saturated heterocycles. The van der Waals surface area contributed by atoms with Crippen molar-refractivity contribution in [1.29, 1.82) is 0 Å². The second kappa shape index (κ2) is 4.95. The number of nitrogens with zero attached hydrogens (tertiary/aromatic N) is 3. The first-order valence-electron chi connectivity index (χ1n) is 5.46. The molecule has 2 rings (SSSR count). The standard InChI is InChI=1S/C12H12FN3O2/c1-3-18-12(17)10-14-11(16(2)15-10)8-5-4-6-9(13)7-8/h4-7H,3H2,1-2H3. The van der Waals surface area contributed by atoms with Crippen molar-refractivity contribution in [3.8, 4) is 11.4 Å². The van der Waals surface area contributed by atoms with Crippen LogP contribution >= 0.6 is 0 Å². The van der Waals surface area contributed by atoms with Crippen LogP contribution in [0.25, 0.3) is 11.4 Å². The number of rotatable bonds is 3. The fraction of sp³-hybridized carbons (Fsp3) is 0.250. The van der Waals surface area contributed by atoms with Crippen molar-refractivity contribution in [2.45, 2.75) is 6.92 Å². The number of hydrogen-bond acceptors (Lipinski definition) is 4. The Morgan fingerprint density at radius 2 is 2.28 bits per heavy atom. The van der Waals surface area contributed by atoms with Gasteiger partial charge in [0.05, 0.1) is 6.61 Å². The number of aromatic nitrogens is 3. The van der Waals surface area contributed by atoms with Gasteiger partial charge in [-0.1, -0.05) is 12.1 Å². The molecule has 94 valence electrons. The van der Waals surface area contributed by atoms with Gasteiger partial charge in [-0.25, -0.2) is 18.9 Å². The maximum atomic E-state index is 13.1. The molecule has 0 fully saturated rings. The summed E-state index contributed by atoms with van der Waals surface area (Å²) in [6.07, 6.45) is 0. The van der Waals surface area contributed by atoms with E-state index in [1.54, 1.807) is 26.1 Å². The maximum Gasteiger partial charge on any atom is 0.378 e. The Bertz CT molecular complexity index is 580. The lowest BCUT2D eigenvalue weighted by atomic mass is 10.2. The summed E-state index contributed by atoms with van der Waals surface area (Å²) in [6.45, 7) is 1.96. The van der Waals surface area contributed by atoms with E-state index in [0.29, 0.717) is 11.4 Å². The molecule has 0 saturated carbocycles. The van der Waals surface area contributed by atoms with Crippen LogP contribution in [0.3, 0.4) is 0 Å². The third kappa shape index (κ3) is 2.37. The first kappa shape index (κ1) is 12.2. The zero-order valence-electron chi connectivity index (χ0n) is 10.1. The average Bonchev–Trinajstić information content (AvgIpc) is 2.72. The molecule has 0 spiro atoms. The highest BCUT2D eigenvalue weighted by Gasteiger charge is 2.16. The molecule has 0 unspecified atom stereocenters. The minimum Gasteiger partial charge on any atom is -0.460 e. The van der Waals surface area contributed by atoms with E-state index in [2.05, 4.69) is 10.1 Å². The van der Waals surface area contributed by atoms with E-state index in [9.17, 15) is 9.18 Å². The number of halogens is 1. The fourth-order valence-corrected chi connectivity index (χ4v) is 1.55. The molecule has 0 bridgehead atoms. The summed E-state index contributed by atoms with van der Waals surface area (Å²) < 4.78 is 19.3. The lowest BCUT2D eigenvalue weighted by Crippen LogP contribution is -2.07. The summed E-state index contributed by atoms with van der Waals surface area (Å²) in [6, 6.07) is 5.94. The van der Waals surface area contributed by atoms with Crippen molar-refractivity contribution in [3.05, 3.63) is 35.9 Å². The highest BCUT2D eigenvalue weighted by molar-refractivity contribution is 5.85. The molecule has 6 heteroatoms. The maximum absolute atomic E-state index is 13.1. The van der Waals surface area contributed by atoms with Gasteiger partial charge in [0.1, 0.15) is 5.82 Å². The van der Waals surface area contributed by atoms with E-state index in [0.717, 1.165) is 0 Å². The van der Waals surface area contributed by atoms with Crippen molar-refractivity contribution < 1.29 is 13.9 Å². The van der Waals surface area contributed by atoms with Gasteiger partial charge in [-0.05, 0) is 19.1 Å². The van der Waals surface area contributed by atoms with E-state index < -0.39 is 5.97 Å². The quantitative estimate of drug-likeness (QED) is 0.778. The predicted molar refractivity (Wildman–Crippen MR) is 62.4 cm³/mol. The lowest BCUT2D eigenvalue weighted by Gasteiger charge is -1.99. The number of esters is 1. The first-order chi connectivity index (χ1) is 8.61. The Morgan fingerprint density at radius 3 is 2.94 bits per heavy atom. The molecular weight excluding hydrogens is 237 g/mol. The molecular formula is C12H12FN3O2. The molecule has 2 aromatic rings. The summed E-state index contributed by atoms with van der Waals surface area (Å²) in [7, 11) is 1.63. The summed E-state index contributed by atoms with van der Waals surface area (Å²) >= 11 is 0. The van der Waals surface area contributed by atoms with Crippen molar-refractivity contribution in [2.24, 2.45) is 7.05 Å². The van der Waals surface area contributed by atoms with Crippen LogP contribution in [0.15, 0.2) is 24.3 Å². The molecule has 18 heavy (non-hydrogen) atoms. The highest BCUT2D eigenvalue weighted by Crippen LogP contribution is 2.17. The van der Waals surface area contributed by atoms with Crippen LogP contribution in [0.2, 0.25) is 0 Å². The minimum absolute atomic E-state index is 0.0291. The van der Waals surface area contributed by atoms with Gasteiger partial charge in [-0.15, -0.1) is 5.10 Å². The van der Waals surface area contributed by atoms with Gasteiger partial charge in [0, 0.05) is 12.6 Å². The lowest BCUT2D eigenvalue weighted by molar-refractivity contribution is 0.0512. The second-order valence-corrected chi connectivity index (χ2v) is 3.61. The zero-order valence-corrected chi connectivity index (χ0v) is 10.1. The van der Waals surface area contributed by atoms with Crippen LogP contribution in [0, 0.1) is 5.82 Å². The highest BCUT2D eigenvalue weighted by atomic mass is 19.1. The monoisotopic (exact) mass is 249 g/mol. The van der Waals surface area contributed by atoms with Crippen LogP contribution in [0.4, 0.5) is 4.39 Å². The van der Waals surface area contributed by atoms with E-state index in [4.69, 9.17) is 4.74 Å². The van der Waals surface area contributed by atoms with Crippen molar-refractivity contribution in [1.82, 2.24) is 14.8 Å². The van der Waals surface area contributed by atoms with Gasteiger partial charge < -0.3 is 4.74 Å². The smallest absolute Gasteiger partial charge is 0.378 e. The molecule has 0 N–H and O–H groups in total. The number of benzene rings is 1. The van der Waals surface area contributed by atoms with Gasteiger partial charge in [-0.2, -0.15) is 0 Å². The van der Waals surface area contributed by atoms with E-state index >= 15 is 0 Å². The molecule has 0 aliphatic heterocycles. The molecule has 0 amide bonds. The van der Waals surface area contributed by atoms with E-state index in [1.807, 2.05) is 0 Å². The molecule has 1 aromatic heterocycles. The van der Waals surface area contributed by atoms with Crippen LogP contribution in [-0.4, -0.2) is 27.3 Å². The second-order valence-electron chi connectivity index (χ2n) is 3.61. The van der Waals surface area contributed by atoms with Crippen molar-refractivity contribution >= 4 is 5.97 Å². The van der Waals surface area contributed by atoms with Crippen LogP contribution in [0.5, 0.6) is 0 Å². The third-order valence-electron chi connectivity index (χ3n) is 2.30. The Labute approximate surface area is 103 Å². The van der Waals surface area contributed by atoms with E-state index in [1.165, 1.54) is 16.8 Å². The van der Waals surface area contributed by atoms with Gasteiger partial charge >= 0.3 is 5.97 Å². The minimum atomic E-state index is -0.587. The topological polar surface area (TPSA) is 57.0 Å². The van der Waals surface area contributed by atoms with Crippen LogP contribution in [-0.2, 0) is 11.8 Å². The van der Waals surface area contributed by atoms with Gasteiger partial charge in [0.15, 0.2) is 5.82 Å². The number of ether oxygens (including phenoxy) is 1. The fourth-order valence-electron chi connectivity index (χ4n) is 1.55. The molecule has 5 nitrogen and oxygen atoms in total. The Balaban J connectivity index is 2.38. The Kier molecular flexibility index (Phi) is 3.36.